The van der Waals surface area contributed by atoms with Crippen LogP contribution in [-0.4, -0.2) is 93.3 Å². The summed E-state index contributed by atoms with van der Waals surface area (Å²) in [5.74, 6) is 2.12. The summed E-state index contributed by atoms with van der Waals surface area (Å²) in [6.45, 7) is 5.69. The second-order valence-corrected chi connectivity index (χ2v) is 11.4. The first-order valence-electron chi connectivity index (χ1n) is 14.6. The minimum Gasteiger partial charge on any atom is -0.392 e. The molecule has 0 bridgehead atoms. The second kappa shape index (κ2) is 12.9. The van der Waals surface area contributed by atoms with Crippen molar-refractivity contribution in [3.05, 3.63) is 42.7 Å². The van der Waals surface area contributed by atoms with E-state index in [2.05, 4.69) is 55.1 Å². The van der Waals surface area contributed by atoms with Crippen molar-refractivity contribution in [3.63, 3.8) is 0 Å². The number of piperazine rings is 1. The maximum Gasteiger partial charge on any atom is 0.236 e. The molecule has 0 unspecified atom stereocenters. The number of nitrogens with zero attached hydrogens (tertiary/aromatic N) is 7. The average Bonchev–Trinajstić information content (AvgIpc) is 3.60. The third-order valence-electron chi connectivity index (χ3n) is 8.74. The molecule has 3 fully saturated rings. The van der Waals surface area contributed by atoms with Crippen molar-refractivity contribution in [3.8, 4) is 11.9 Å². The van der Waals surface area contributed by atoms with Crippen LogP contribution in [0, 0.1) is 17.2 Å². The number of hydrogen-bond acceptors (Lipinski definition) is 8. The monoisotopic (exact) mass is 558 g/mol. The number of fused-ring (bicyclic) bond motifs is 1. The zero-order valence-corrected chi connectivity index (χ0v) is 23.0. The minimum atomic E-state index is -0.144. The number of carbonyl (C=O) groups excluding carboxylic acids is 1. The molecule has 0 radical (unpaired) electrons. The van der Waals surface area contributed by atoms with Gasteiger partial charge in [-0.15, -0.1) is 0 Å². The van der Waals surface area contributed by atoms with Crippen molar-refractivity contribution in [2.45, 2.75) is 58.1 Å². The highest BCUT2D eigenvalue weighted by Crippen LogP contribution is 2.31. The molecule has 1 saturated carbocycles. The molecule has 3 aromatic rings. The van der Waals surface area contributed by atoms with Crippen LogP contribution in [0.2, 0.25) is 0 Å². The number of aliphatic hydroxyl groups excluding tert-OH is 1. The smallest absolute Gasteiger partial charge is 0.236 e. The first-order valence-corrected chi connectivity index (χ1v) is 14.6. The van der Waals surface area contributed by atoms with Gasteiger partial charge in [0.2, 0.25) is 11.9 Å². The number of carbonyl (C=O) groups is 1. The van der Waals surface area contributed by atoms with Crippen molar-refractivity contribution in [1.29, 1.82) is 5.26 Å². The molecule has 10 nitrogen and oxygen atoms in total. The Kier molecular flexibility index (Phi) is 9.06. The Bertz CT molecular complexity index is 1370. The molecule has 0 spiro atoms. The molecule has 2 aromatic heterocycles. The standard InChI is InChI=1S/C30H38N8O2.CH4/c31-12-8-29(40)37-18-16-36(17-19-37)26-2-1-3-27-25(26)11-15-38(27)28-9-13-32-30(34-28)33-23-6-4-22(5-7-23)20-35-14-10-24(39)21-35;/h1-3,9,11,13,15,22-24,39H,4-8,10,14,16-21H2,(H,32,33,34);1H4/t22?,23?,24-;/m1./s1. The van der Waals surface area contributed by atoms with Crippen LogP contribution in [0.15, 0.2) is 42.7 Å². The van der Waals surface area contributed by atoms with E-state index in [0.29, 0.717) is 31.0 Å². The normalized spacial score (nSPS) is 23.3. The third kappa shape index (κ3) is 6.47. The lowest BCUT2D eigenvalue weighted by molar-refractivity contribution is -0.130. The molecular weight excluding hydrogens is 516 g/mol. The zero-order chi connectivity index (χ0) is 27.5. The number of rotatable bonds is 7. The maximum absolute atomic E-state index is 12.1. The van der Waals surface area contributed by atoms with Gasteiger partial charge in [0.15, 0.2) is 0 Å². The summed E-state index contributed by atoms with van der Waals surface area (Å²) in [5, 5.41) is 23.4. The van der Waals surface area contributed by atoms with E-state index in [1.165, 1.54) is 12.8 Å². The van der Waals surface area contributed by atoms with Crippen molar-refractivity contribution in [1.82, 2.24) is 24.3 Å². The quantitative estimate of drug-likeness (QED) is 0.452. The van der Waals surface area contributed by atoms with E-state index >= 15 is 0 Å². The molecule has 218 valence electrons. The Hall–Kier alpha value is -3.68. The molecule has 6 rings (SSSR count). The summed E-state index contributed by atoms with van der Waals surface area (Å²) in [4.78, 5) is 28.0. The number of nitriles is 1. The number of aliphatic hydroxyl groups is 1. The summed E-state index contributed by atoms with van der Waals surface area (Å²) in [6.07, 6.45) is 9.20. The van der Waals surface area contributed by atoms with E-state index in [1.807, 2.05) is 18.3 Å². The topological polar surface area (TPSA) is 114 Å². The van der Waals surface area contributed by atoms with E-state index in [0.717, 1.165) is 74.4 Å². The Labute approximate surface area is 242 Å². The van der Waals surface area contributed by atoms with Gasteiger partial charge in [-0.2, -0.15) is 10.2 Å². The first-order chi connectivity index (χ1) is 19.6. The van der Waals surface area contributed by atoms with E-state index < -0.39 is 0 Å². The Balaban J connectivity index is 0.00000337. The van der Waals surface area contributed by atoms with Gasteiger partial charge in [0.05, 0.1) is 17.7 Å². The summed E-state index contributed by atoms with van der Waals surface area (Å²) in [7, 11) is 0. The molecule has 3 aliphatic rings. The van der Waals surface area contributed by atoms with Gasteiger partial charge in [0, 0.05) is 75.3 Å². The number of β-amino-alcohol motifs (C(OH)–C–C–N with tert-alkyl or cyclic N) is 1. The summed E-state index contributed by atoms with van der Waals surface area (Å²) < 4.78 is 2.11. The number of benzene rings is 1. The highest BCUT2D eigenvalue weighted by molar-refractivity contribution is 5.94. The fourth-order valence-electron chi connectivity index (χ4n) is 6.57. The van der Waals surface area contributed by atoms with Crippen LogP contribution in [0.1, 0.15) is 46.0 Å². The molecule has 10 heteroatoms. The number of aromatic nitrogens is 3. The SMILES string of the molecule is C.N#CCC(=O)N1CCN(c2cccc3c2ccn3-c2ccnc(NC3CCC(CN4CC[C@@H](O)C4)CC3)n2)CC1. The van der Waals surface area contributed by atoms with Crippen LogP contribution in [0.5, 0.6) is 0 Å². The van der Waals surface area contributed by atoms with Crippen molar-refractivity contribution < 1.29 is 9.90 Å². The van der Waals surface area contributed by atoms with E-state index in [1.54, 1.807) is 4.90 Å². The first kappa shape index (κ1) is 28.8. The number of likely N-dealkylation sites (tertiary alicyclic amines) is 1. The second-order valence-electron chi connectivity index (χ2n) is 11.4. The largest absolute Gasteiger partial charge is 0.392 e. The predicted molar refractivity (Wildman–Crippen MR) is 161 cm³/mol. The number of amides is 1. The van der Waals surface area contributed by atoms with E-state index in [9.17, 15) is 9.90 Å². The third-order valence-corrected chi connectivity index (χ3v) is 8.74. The summed E-state index contributed by atoms with van der Waals surface area (Å²) in [6, 6.07) is 12.7. The number of nitrogens with one attached hydrogen (secondary N) is 1. The molecule has 2 N–H and O–H groups in total. The van der Waals surface area contributed by atoms with Gasteiger partial charge in [-0.1, -0.05) is 13.5 Å². The fraction of sp³-hybridized carbons (Fsp3) is 0.548. The van der Waals surface area contributed by atoms with Crippen molar-refractivity contribution in [2.24, 2.45) is 5.92 Å². The highest BCUT2D eigenvalue weighted by atomic mass is 16.3. The van der Waals surface area contributed by atoms with Gasteiger partial charge < -0.3 is 29.7 Å². The molecule has 1 atom stereocenters. The molecule has 2 saturated heterocycles. The lowest BCUT2D eigenvalue weighted by atomic mass is 9.86. The number of anilines is 2. The van der Waals surface area contributed by atoms with Crippen LogP contribution in [0.25, 0.3) is 16.7 Å². The Morgan fingerprint density at radius 3 is 2.59 bits per heavy atom. The summed E-state index contributed by atoms with van der Waals surface area (Å²) in [5.41, 5.74) is 2.23. The van der Waals surface area contributed by atoms with Gasteiger partial charge in [0.1, 0.15) is 12.2 Å². The Morgan fingerprint density at radius 1 is 1.05 bits per heavy atom. The minimum absolute atomic E-state index is 0. The van der Waals surface area contributed by atoms with Crippen LogP contribution in [0.3, 0.4) is 0 Å². The predicted octanol–water partition coefficient (Wildman–Crippen LogP) is 3.66. The van der Waals surface area contributed by atoms with Crippen LogP contribution in [-0.2, 0) is 4.79 Å². The van der Waals surface area contributed by atoms with E-state index in [-0.39, 0.29) is 25.9 Å². The molecule has 4 heterocycles. The molecule has 1 aromatic carbocycles. The molecular formula is C31H42N8O2. The van der Waals surface area contributed by atoms with Gasteiger partial charge in [0.25, 0.3) is 0 Å². The van der Waals surface area contributed by atoms with Crippen LogP contribution in [0.4, 0.5) is 11.6 Å². The van der Waals surface area contributed by atoms with Crippen LogP contribution >= 0.6 is 0 Å². The zero-order valence-electron chi connectivity index (χ0n) is 23.0. The maximum atomic E-state index is 12.1. The van der Waals surface area contributed by atoms with Gasteiger partial charge in [-0.25, -0.2) is 4.98 Å². The lowest BCUT2D eigenvalue weighted by Crippen LogP contribution is -2.48. The number of hydrogen-bond donors (Lipinski definition) is 2. The van der Waals surface area contributed by atoms with Crippen molar-refractivity contribution >= 4 is 28.4 Å². The van der Waals surface area contributed by atoms with Gasteiger partial charge in [-0.3, -0.25) is 4.79 Å². The van der Waals surface area contributed by atoms with Crippen LogP contribution < -0.4 is 10.2 Å². The molecule has 2 aliphatic heterocycles. The fourth-order valence-corrected chi connectivity index (χ4v) is 6.57. The lowest BCUT2D eigenvalue weighted by Gasteiger charge is -2.36. The van der Waals surface area contributed by atoms with Gasteiger partial charge >= 0.3 is 0 Å². The molecule has 1 aliphatic carbocycles. The molecule has 1 amide bonds. The van der Waals surface area contributed by atoms with Gasteiger partial charge in [-0.05, 0) is 62.3 Å². The summed E-state index contributed by atoms with van der Waals surface area (Å²) >= 11 is 0. The molecule has 41 heavy (non-hydrogen) atoms. The highest BCUT2D eigenvalue weighted by Gasteiger charge is 2.27. The Morgan fingerprint density at radius 2 is 1.85 bits per heavy atom. The van der Waals surface area contributed by atoms with Crippen molar-refractivity contribution in [2.75, 3.05) is 56.0 Å². The van der Waals surface area contributed by atoms with E-state index in [4.69, 9.17) is 10.2 Å². The average molecular weight is 559 g/mol.